The van der Waals surface area contributed by atoms with E-state index in [4.69, 9.17) is 19.2 Å². The van der Waals surface area contributed by atoms with E-state index >= 15 is 0 Å². The van der Waals surface area contributed by atoms with Crippen molar-refractivity contribution in [3.8, 4) is 22.8 Å². The average Bonchev–Trinajstić information content (AvgIpc) is 4.09. The number of rotatable bonds is 13. The zero-order valence-corrected chi connectivity index (χ0v) is 33.1. The molecule has 2 heterocycles. The number of fused-ring (bicyclic) bond motifs is 1. The van der Waals surface area contributed by atoms with Gasteiger partial charge >= 0.3 is 6.09 Å². The van der Waals surface area contributed by atoms with E-state index < -0.39 is 73.8 Å². The molecule has 56 heavy (non-hydrogen) atoms. The fourth-order valence-corrected chi connectivity index (χ4v) is 9.11. The molecule has 298 valence electrons. The van der Waals surface area contributed by atoms with Crippen molar-refractivity contribution in [3.63, 3.8) is 0 Å². The van der Waals surface area contributed by atoms with Crippen LogP contribution in [0.5, 0.6) is 11.5 Å². The number of likely N-dealkylation sites (tertiary alicyclic amines) is 1. The third kappa shape index (κ3) is 7.65. The number of nitrogens with zero attached hydrogens (tertiary/aromatic N) is 2. The first-order valence-electron chi connectivity index (χ1n) is 19.1. The molecule has 0 radical (unpaired) electrons. The number of amides is 4. The van der Waals surface area contributed by atoms with Crippen molar-refractivity contribution in [3.05, 3.63) is 67.3 Å². The van der Waals surface area contributed by atoms with Crippen LogP contribution in [-0.2, 0) is 29.1 Å². The van der Waals surface area contributed by atoms with E-state index in [0.717, 1.165) is 5.56 Å². The van der Waals surface area contributed by atoms with Crippen molar-refractivity contribution in [2.45, 2.75) is 100 Å². The summed E-state index contributed by atoms with van der Waals surface area (Å²) in [5.74, 6) is -1.59. The zero-order valence-electron chi connectivity index (χ0n) is 32.3. The predicted molar refractivity (Wildman–Crippen MR) is 208 cm³/mol. The first kappa shape index (κ1) is 39.1. The second-order valence-electron chi connectivity index (χ2n) is 16.3. The molecule has 3 aliphatic carbocycles. The molecule has 1 saturated heterocycles. The van der Waals surface area contributed by atoms with Gasteiger partial charge in [-0.3, -0.25) is 19.1 Å². The van der Waals surface area contributed by atoms with E-state index in [1.807, 2.05) is 49.4 Å². The van der Waals surface area contributed by atoms with Gasteiger partial charge < -0.3 is 29.7 Å². The summed E-state index contributed by atoms with van der Waals surface area (Å²) in [6.07, 6.45) is 2.07. The van der Waals surface area contributed by atoms with Crippen molar-refractivity contribution in [1.82, 2.24) is 25.2 Å². The van der Waals surface area contributed by atoms with Crippen LogP contribution in [0.25, 0.3) is 22.2 Å². The molecule has 6 unspecified atom stereocenters. The topological polar surface area (TPSA) is 182 Å². The van der Waals surface area contributed by atoms with Crippen LogP contribution in [0.2, 0.25) is 0 Å². The largest absolute Gasteiger partial charge is 0.497 e. The van der Waals surface area contributed by atoms with Gasteiger partial charge in [0.2, 0.25) is 21.8 Å². The number of sulfonamides is 1. The highest BCUT2D eigenvalue weighted by molar-refractivity contribution is 7.91. The molecule has 0 bridgehead atoms. The molecule has 3 N–H and O–H groups in total. The van der Waals surface area contributed by atoms with E-state index in [2.05, 4.69) is 21.9 Å². The number of ether oxygens (including phenoxy) is 3. The first-order chi connectivity index (χ1) is 26.5. The van der Waals surface area contributed by atoms with Crippen LogP contribution in [0.4, 0.5) is 4.79 Å². The van der Waals surface area contributed by atoms with Crippen LogP contribution in [0.3, 0.4) is 0 Å². The average molecular weight is 788 g/mol. The number of alkyl carbamates (subject to hydrolysis) is 1. The van der Waals surface area contributed by atoms with Gasteiger partial charge in [-0.1, -0.05) is 49.8 Å². The Balaban J connectivity index is 1.22. The van der Waals surface area contributed by atoms with E-state index in [1.165, 1.54) is 4.90 Å². The Kier molecular flexibility index (Phi) is 10.0. The normalized spacial score (nSPS) is 26.8. The number of pyridine rings is 1. The molecule has 3 aromatic rings. The van der Waals surface area contributed by atoms with E-state index in [1.54, 1.807) is 46.1 Å². The van der Waals surface area contributed by atoms with Crippen LogP contribution >= 0.6 is 0 Å². The number of carbonyl (C=O) groups is 4. The van der Waals surface area contributed by atoms with Crippen molar-refractivity contribution in [2.24, 2.45) is 11.8 Å². The summed E-state index contributed by atoms with van der Waals surface area (Å²) in [6.45, 7) is 10.8. The van der Waals surface area contributed by atoms with Crippen molar-refractivity contribution < 1.29 is 41.8 Å². The standard InChI is InChI=1S/C41H49N5O9S/c1-7-25-21-40(25,36(48)45-56(51,52)29-15-16-29)43-35(47)33-19-28(23-46(33)37(49)41(22-26(41)8-2)44-38(50)55-39(3,4)5)54-34-20-31(24-12-10-9-11-13-24)42-32-18-27(53-6)14-17-30(32)34/h8-14,17-18,20,25-26,28-29,33H,2,7,15-16,19,21-23H2,1,3-6H3,(H,43,47)(H,44,50)(H,45,48). The number of hydrogen-bond donors (Lipinski definition) is 3. The van der Waals surface area contributed by atoms with E-state index in [-0.39, 0.29) is 31.7 Å². The number of carbonyl (C=O) groups excluding carboxylic acids is 4. The lowest BCUT2D eigenvalue weighted by Crippen LogP contribution is -2.59. The Morgan fingerprint density at radius 3 is 2.36 bits per heavy atom. The molecule has 6 atom stereocenters. The van der Waals surface area contributed by atoms with Gasteiger partial charge in [0.25, 0.3) is 5.91 Å². The van der Waals surface area contributed by atoms with Crippen LogP contribution < -0.4 is 24.8 Å². The summed E-state index contributed by atoms with van der Waals surface area (Å²) in [7, 11) is -2.31. The molecule has 4 fully saturated rings. The maximum Gasteiger partial charge on any atom is 0.408 e. The molecule has 1 aliphatic heterocycles. The minimum absolute atomic E-state index is 0.0361. The SMILES string of the molecule is C=CC1CC1(NC(=O)OC(C)(C)C)C(=O)N1CC(Oc2cc(-c3ccccc3)nc3cc(OC)ccc23)CC1C(=O)NC1(C(=O)NS(=O)(=O)C2CC2)CC1CC. The summed E-state index contributed by atoms with van der Waals surface area (Å²) >= 11 is 0. The Hall–Kier alpha value is -5.18. The monoisotopic (exact) mass is 787 g/mol. The Labute approximate surface area is 326 Å². The second kappa shape index (κ2) is 14.4. The van der Waals surface area contributed by atoms with E-state index in [9.17, 15) is 27.6 Å². The number of methoxy groups -OCH3 is 1. The molecular formula is C41H49N5O9S. The molecule has 14 nitrogen and oxygen atoms in total. The lowest BCUT2D eigenvalue weighted by atomic mass is 10.1. The van der Waals surface area contributed by atoms with Crippen LogP contribution in [-0.4, -0.2) is 89.8 Å². The van der Waals surface area contributed by atoms with Gasteiger partial charge in [-0.05, 0) is 64.5 Å². The van der Waals surface area contributed by atoms with Gasteiger partial charge in [0.15, 0.2) is 0 Å². The minimum Gasteiger partial charge on any atom is -0.497 e. The zero-order chi connectivity index (χ0) is 40.2. The summed E-state index contributed by atoms with van der Waals surface area (Å²) < 4.78 is 45.5. The van der Waals surface area contributed by atoms with Crippen LogP contribution in [0.15, 0.2) is 67.3 Å². The summed E-state index contributed by atoms with van der Waals surface area (Å²) in [4.78, 5) is 62.2. The number of nitrogens with one attached hydrogen (secondary N) is 3. The summed E-state index contributed by atoms with van der Waals surface area (Å²) in [5.41, 5.74) is -1.60. The minimum atomic E-state index is -3.88. The van der Waals surface area contributed by atoms with Crippen molar-refractivity contribution in [1.29, 1.82) is 0 Å². The number of hydrogen-bond acceptors (Lipinski definition) is 10. The molecule has 7 rings (SSSR count). The Morgan fingerprint density at radius 1 is 1.02 bits per heavy atom. The van der Waals surface area contributed by atoms with E-state index in [0.29, 0.717) is 47.4 Å². The Bertz CT molecular complexity index is 2190. The smallest absolute Gasteiger partial charge is 0.408 e. The third-order valence-electron chi connectivity index (χ3n) is 11.1. The lowest BCUT2D eigenvalue weighted by molar-refractivity contribution is -0.142. The van der Waals surface area contributed by atoms with Gasteiger partial charge in [0, 0.05) is 35.4 Å². The van der Waals surface area contributed by atoms with Gasteiger partial charge in [0.05, 0.1) is 30.1 Å². The first-order valence-corrected chi connectivity index (χ1v) is 20.6. The third-order valence-corrected chi connectivity index (χ3v) is 12.9. The summed E-state index contributed by atoms with van der Waals surface area (Å²) in [5, 5.41) is 5.72. The Morgan fingerprint density at radius 2 is 1.75 bits per heavy atom. The van der Waals surface area contributed by atoms with Gasteiger partial charge in [-0.25, -0.2) is 18.2 Å². The lowest BCUT2D eigenvalue weighted by Gasteiger charge is -2.31. The fourth-order valence-electron chi connectivity index (χ4n) is 7.75. The maximum absolute atomic E-state index is 14.7. The highest BCUT2D eigenvalue weighted by atomic mass is 32.2. The highest BCUT2D eigenvalue weighted by Gasteiger charge is 2.65. The maximum atomic E-state index is 14.7. The summed E-state index contributed by atoms with van der Waals surface area (Å²) in [6, 6.07) is 15.7. The molecular weight excluding hydrogens is 739 g/mol. The number of aromatic nitrogens is 1. The van der Waals surface area contributed by atoms with Crippen LogP contribution in [0, 0.1) is 11.8 Å². The van der Waals surface area contributed by atoms with Crippen molar-refractivity contribution in [2.75, 3.05) is 13.7 Å². The second-order valence-corrected chi connectivity index (χ2v) is 18.3. The van der Waals surface area contributed by atoms with Crippen LogP contribution in [0.1, 0.15) is 66.2 Å². The molecule has 3 saturated carbocycles. The molecule has 15 heteroatoms. The van der Waals surface area contributed by atoms with Gasteiger partial charge in [-0.15, -0.1) is 6.58 Å². The molecule has 2 aromatic carbocycles. The van der Waals surface area contributed by atoms with Gasteiger partial charge in [-0.2, -0.15) is 0 Å². The molecule has 1 aromatic heterocycles. The quantitative estimate of drug-likeness (QED) is 0.207. The van der Waals surface area contributed by atoms with Gasteiger partial charge in [0.1, 0.15) is 40.3 Å². The molecule has 4 amide bonds. The molecule has 0 spiro atoms. The number of benzene rings is 2. The predicted octanol–water partition coefficient (Wildman–Crippen LogP) is 4.62. The van der Waals surface area contributed by atoms with Crippen molar-refractivity contribution >= 4 is 44.7 Å². The molecule has 4 aliphatic rings. The highest BCUT2D eigenvalue weighted by Crippen LogP contribution is 2.49. The fraction of sp³-hybridized carbons (Fsp3) is 0.488.